The Labute approximate surface area is 311 Å². The highest BCUT2D eigenvalue weighted by molar-refractivity contribution is 5.88. The summed E-state index contributed by atoms with van der Waals surface area (Å²) in [6.07, 6.45) is 8.58. The lowest BCUT2D eigenvalue weighted by molar-refractivity contribution is -0.170. The molecule has 1 spiro atoms. The lowest BCUT2D eigenvalue weighted by Gasteiger charge is -2.44. The van der Waals surface area contributed by atoms with Crippen LogP contribution in [0.4, 0.5) is 11.6 Å². The Morgan fingerprint density at radius 3 is 2.70 bits per heavy atom. The van der Waals surface area contributed by atoms with Crippen LogP contribution in [0.1, 0.15) is 74.5 Å². The molecular weight excluding hydrogens is 688 g/mol. The van der Waals surface area contributed by atoms with Crippen LogP contribution < -0.4 is 21.6 Å². The minimum atomic E-state index is -1.07. The number of nitrogens with zero attached hydrogens (tertiary/aromatic N) is 4. The molecule has 4 aromatic rings. The molecule has 13 heteroatoms. The average Bonchev–Trinajstić information content (AvgIpc) is 3.38. The van der Waals surface area contributed by atoms with Gasteiger partial charge in [-0.2, -0.15) is 0 Å². The van der Waals surface area contributed by atoms with E-state index >= 15 is 0 Å². The number of aromatic hydroxyl groups is 1. The van der Waals surface area contributed by atoms with Crippen molar-refractivity contribution in [3.63, 3.8) is 0 Å². The van der Waals surface area contributed by atoms with Gasteiger partial charge in [0.15, 0.2) is 11.0 Å². The summed E-state index contributed by atoms with van der Waals surface area (Å²) in [6, 6.07) is 10.6. The number of hydrogen-bond donors (Lipinski definition) is 3. The van der Waals surface area contributed by atoms with E-state index in [-0.39, 0.29) is 28.3 Å². The van der Waals surface area contributed by atoms with Crippen LogP contribution in [0.15, 0.2) is 74.1 Å². The standard InChI is InChI=1S/C41H42N6O7/c1-21-12-29(48)36-30(51-21)17-31-35(37(36)49)26-6-4-5-10-41(39(50)52-38(26)40(2,3)53-31)32(54-41)8-7-22-13-27(46-33(42)14-22)24-15-25(45-34(43)16-24)19-47-18-23-9-11-44-28(23)20-47/h9,11-17,20,26,32,38,49H,4-8,10,18-19H2,1-3H3,(H2,42,46)(H2,43,45)/t26-,32-,38-,41-/m1/s1. The molecule has 9 rings (SSSR count). The number of fused-ring (bicyclic) bond motifs is 5. The number of esters is 1. The molecule has 13 nitrogen and oxygen atoms in total. The number of benzene rings is 1. The molecule has 0 saturated carbocycles. The van der Waals surface area contributed by atoms with Crippen LogP contribution in [-0.2, 0) is 27.2 Å². The normalized spacial score (nSPS) is 25.1. The second kappa shape index (κ2) is 12.4. The van der Waals surface area contributed by atoms with Crippen molar-refractivity contribution < 1.29 is 28.5 Å². The summed E-state index contributed by atoms with van der Waals surface area (Å²) in [5.74, 6) is 0.610. The summed E-state index contributed by atoms with van der Waals surface area (Å²) in [5, 5.41) is 11.6. The maximum absolute atomic E-state index is 14.1. The SMILES string of the molecule is Cc1cc(=O)c2c(O)c3c(cc2o1)OC(C)(C)[C@@H]1OC(=O)[C@]2(CCCC[C@H]31)O[C@@H]2CCc1cc(N)nc(-c2cc(N)nc(CN3C=C4N=CC=C4C3)c2)c1. The molecule has 0 amide bonds. The molecule has 5 aliphatic heterocycles. The predicted octanol–water partition coefficient (Wildman–Crippen LogP) is 5.61. The third-order valence-electron chi connectivity index (χ3n) is 11.3. The lowest BCUT2D eigenvalue weighted by atomic mass is 9.77. The summed E-state index contributed by atoms with van der Waals surface area (Å²) >= 11 is 0. The summed E-state index contributed by atoms with van der Waals surface area (Å²) in [7, 11) is 0. The van der Waals surface area contributed by atoms with E-state index in [0.29, 0.717) is 66.6 Å². The number of aliphatic imine (C=N–C) groups is 1. The molecule has 4 atom stereocenters. The summed E-state index contributed by atoms with van der Waals surface area (Å²) in [5.41, 5.74) is 16.4. The van der Waals surface area contributed by atoms with Gasteiger partial charge in [0.1, 0.15) is 51.6 Å². The Hall–Kier alpha value is -5.69. The molecule has 0 aliphatic carbocycles. The van der Waals surface area contributed by atoms with E-state index < -0.39 is 29.2 Å². The molecule has 0 unspecified atom stereocenters. The number of carbonyl (C=O) groups excluding carboxylic acids is 1. The molecule has 5 N–H and O–H groups in total. The number of hydrogen-bond acceptors (Lipinski definition) is 13. The molecule has 5 aliphatic rings. The van der Waals surface area contributed by atoms with Gasteiger partial charge in [-0.1, -0.05) is 6.42 Å². The number of nitrogens with two attached hydrogens (primary N) is 2. The van der Waals surface area contributed by atoms with E-state index in [9.17, 15) is 14.7 Å². The second-order valence-electron chi connectivity index (χ2n) is 15.6. The number of anilines is 2. The van der Waals surface area contributed by atoms with Crippen molar-refractivity contribution >= 4 is 34.8 Å². The van der Waals surface area contributed by atoms with E-state index in [4.69, 9.17) is 30.1 Å². The Balaban J connectivity index is 0.921. The quantitative estimate of drug-likeness (QED) is 0.164. The van der Waals surface area contributed by atoms with Gasteiger partial charge in [0.05, 0.1) is 29.7 Å². The number of phenols is 1. The van der Waals surface area contributed by atoms with Gasteiger partial charge in [-0.3, -0.25) is 9.79 Å². The molecule has 1 aromatic carbocycles. The van der Waals surface area contributed by atoms with Crippen molar-refractivity contribution in [1.82, 2.24) is 14.9 Å². The maximum atomic E-state index is 14.1. The highest BCUT2D eigenvalue weighted by Crippen LogP contribution is 2.53. The van der Waals surface area contributed by atoms with E-state index in [1.165, 1.54) is 11.6 Å². The number of allylic oxidation sites excluding steroid dienone is 1. The first-order chi connectivity index (χ1) is 25.9. The molecule has 8 heterocycles. The number of carbonyl (C=O) groups is 1. The molecule has 278 valence electrons. The molecule has 3 aromatic heterocycles. The summed E-state index contributed by atoms with van der Waals surface area (Å²) in [4.78, 5) is 42.8. The zero-order valence-corrected chi connectivity index (χ0v) is 30.4. The minimum Gasteiger partial charge on any atom is -0.507 e. The second-order valence-corrected chi connectivity index (χ2v) is 15.6. The van der Waals surface area contributed by atoms with Crippen LogP contribution in [0.25, 0.3) is 22.2 Å². The van der Waals surface area contributed by atoms with E-state index in [1.54, 1.807) is 19.1 Å². The summed E-state index contributed by atoms with van der Waals surface area (Å²) in [6.45, 7) is 6.77. The first-order valence-corrected chi connectivity index (χ1v) is 18.5. The van der Waals surface area contributed by atoms with Crippen LogP contribution in [0.3, 0.4) is 0 Å². The van der Waals surface area contributed by atoms with Gasteiger partial charge in [-0.15, -0.1) is 0 Å². The molecule has 0 bridgehead atoms. The fourth-order valence-corrected chi connectivity index (χ4v) is 8.75. The molecule has 0 radical (unpaired) electrons. The Kier molecular flexibility index (Phi) is 7.86. The Morgan fingerprint density at radius 2 is 1.87 bits per heavy atom. The molecule has 2 fully saturated rings. The number of phenolic OH excluding ortho intramolecular Hbond substituents is 1. The number of ether oxygens (including phenoxy) is 3. The largest absolute Gasteiger partial charge is 0.507 e. The number of epoxide rings is 1. The highest BCUT2D eigenvalue weighted by atomic mass is 16.7. The fraction of sp³-hybridized carbons (Fsp3) is 0.390. The Bertz CT molecular complexity index is 2400. The van der Waals surface area contributed by atoms with Crippen molar-refractivity contribution in [3.05, 3.63) is 92.7 Å². The van der Waals surface area contributed by atoms with Gasteiger partial charge >= 0.3 is 5.97 Å². The third-order valence-corrected chi connectivity index (χ3v) is 11.3. The number of pyridine rings is 2. The third kappa shape index (κ3) is 5.87. The summed E-state index contributed by atoms with van der Waals surface area (Å²) < 4.78 is 24.8. The maximum Gasteiger partial charge on any atom is 0.341 e. The Morgan fingerprint density at radius 1 is 1.04 bits per heavy atom. The van der Waals surface area contributed by atoms with Gasteiger partial charge in [0, 0.05) is 53.7 Å². The zero-order valence-electron chi connectivity index (χ0n) is 30.4. The van der Waals surface area contributed by atoms with Crippen molar-refractivity contribution in [3.8, 4) is 22.8 Å². The van der Waals surface area contributed by atoms with Crippen molar-refractivity contribution in [2.45, 2.75) is 95.2 Å². The van der Waals surface area contributed by atoms with E-state index in [0.717, 1.165) is 41.9 Å². The van der Waals surface area contributed by atoms with Crippen LogP contribution >= 0.6 is 0 Å². The number of aromatic nitrogens is 2. The van der Waals surface area contributed by atoms with Gasteiger partial charge < -0.3 is 40.1 Å². The van der Waals surface area contributed by atoms with Crippen molar-refractivity contribution in [2.75, 3.05) is 18.0 Å². The monoisotopic (exact) mass is 730 g/mol. The van der Waals surface area contributed by atoms with Gasteiger partial charge in [-0.05, 0) is 88.8 Å². The molecular formula is C41H42N6O7. The lowest BCUT2D eigenvalue weighted by Crippen LogP contribution is -2.52. The van der Waals surface area contributed by atoms with Gasteiger partial charge in [0.2, 0.25) is 0 Å². The number of aryl methyl sites for hydroxylation is 2. The van der Waals surface area contributed by atoms with Crippen molar-refractivity contribution in [2.24, 2.45) is 4.99 Å². The zero-order chi connectivity index (χ0) is 37.5. The number of rotatable bonds is 6. The van der Waals surface area contributed by atoms with Crippen LogP contribution in [0.2, 0.25) is 0 Å². The van der Waals surface area contributed by atoms with Gasteiger partial charge in [0.25, 0.3) is 0 Å². The number of nitrogen functional groups attached to an aromatic ring is 2. The van der Waals surface area contributed by atoms with Crippen LogP contribution in [0.5, 0.6) is 11.5 Å². The van der Waals surface area contributed by atoms with Crippen LogP contribution in [-0.4, -0.2) is 62.1 Å². The average molecular weight is 731 g/mol. The topological polar surface area (TPSA) is 192 Å². The first kappa shape index (κ1) is 34.1. The smallest absolute Gasteiger partial charge is 0.341 e. The molecule has 54 heavy (non-hydrogen) atoms. The first-order valence-electron chi connectivity index (χ1n) is 18.5. The molecule has 2 saturated heterocycles. The highest BCUT2D eigenvalue weighted by Gasteiger charge is 2.64. The minimum absolute atomic E-state index is 0.0953. The van der Waals surface area contributed by atoms with E-state index in [1.807, 2.05) is 50.5 Å². The van der Waals surface area contributed by atoms with Gasteiger partial charge in [-0.25, -0.2) is 14.8 Å². The van der Waals surface area contributed by atoms with Crippen LogP contribution in [0, 0.1) is 6.92 Å². The van der Waals surface area contributed by atoms with Crippen molar-refractivity contribution in [1.29, 1.82) is 0 Å². The fourth-order valence-electron chi connectivity index (χ4n) is 8.75. The van der Waals surface area contributed by atoms with E-state index in [2.05, 4.69) is 19.9 Å². The predicted molar refractivity (Wildman–Crippen MR) is 202 cm³/mol.